The Morgan fingerprint density at radius 1 is 1.03 bits per heavy atom. The highest BCUT2D eigenvalue weighted by Gasteiger charge is 2.27. The summed E-state index contributed by atoms with van der Waals surface area (Å²) in [6.07, 6.45) is 0.391. The summed E-state index contributed by atoms with van der Waals surface area (Å²) in [5.74, 6) is 0.140. The summed E-state index contributed by atoms with van der Waals surface area (Å²) in [4.78, 5) is 28.7. The number of carbonyl (C=O) groups excluding carboxylic acids is 2. The first kappa shape index (κ1) is 20.8. The Morgan fingerprint density at radius 3 is 2.38 bits per heavy atom. The molecule has 0 N–H and O–H groups in total. The average molecular weight is 399 g/mol. The lowest BCUT2D eigenvalue weighted by Crippen LogP contribution is -2.38. The molecule has 0 aliphatic carbocycles. The number of aryl methyl sites for hydroxylation is 1. The lowest BCUT2D eigenvalue weighted by Gasteiger charge is -2.21. The number of benzene rings is 1. The van der Waals surface area contributed by atoms with E-state index in [2.05, 4.69) is 10.3 Å². The van der Waals surface area contributed by atoms with Crippen molar-refractivity contribution in [2.75, 3.05) is 32.8 Å². The van der Waals surface area contributed by atoms with Gasteiger partial charge in [0.1, 0.15) is 0 Å². The third-order valence-electron chi connectivity index (χ3n) is 4.96. The van der Waals surface area contributed by atoms with E-state index in [4.69, 9.17) is 4.74 Å². The van der Waals surface area contributed by atoms with Crippen molar-refractivity contribution in [3.05, 3.63) is 41.2 Å². The average Bonchev–Trinajstić information content (AvgIpc) is 2.91. The lowest BCUT2D eigenvalue weighted by molar-refractivity contribution is 0.0740. The predicted molar refractivity (Wildman–Crippen MR) is 109 cm³/mol. The number of hydrogen-bond acceptors (Lipinski definition) is 5. The van der Waals surface area contributed by atoms with Gasteiger partial charge in [0.15, 0.2) is 5.69 Å². The molecule has 3 rings (SSSR count). The van der Waals surface area contributed by atoms with Crippen molar-refractivity contribution in [2.45, 2.75) is 34.1 Å². The van der Waals surface area contributed by atoms with Gasteiger partial charge in [-0.2, -0.15) is 0 Å². The summed E-state index contributed by atoms with van der Waals surface area (Å²) in [6, 6.07) is 7.91. The fourth-order valence-electron chi connectivity index (χ4n) is 3.24. The number of carbonyl (C=O) groups is 2. The van der Waals surface area contributed by atoms with Gasteiger partial charge in [-0.25, -0.2) is 9.48 Å². The van der Waals surface area contributed by atoms with E-state index in [1.165, 1.54) is 0 Å². The first-order valence-corrected chi connectivity index (χ1v) is 10.1. The minimum atomic E-state index is -0.311. The second kappa shape index (κ2) is 9.07. The fraction of sp³-hybridized carbons (Fsp3) is 0.524. The number of rotatable bonds is 4. The molecule has 0 atom stereocenters. The van der Waals surface area contributed by atoms with Crippen molar-refractivity contribution in [1.82, 2.24) is 24.8 Å². The van der Waals surface area contributed by atoms with E-state index in [0.717, 1.165) is 11.3 Å². The van der Waals surface area contributed by atoms with Gasteiger partial charge in [-0.05, 0) is 38.3 Å². The van der Waals surface area contributed by atoms with Gasteiger partial charge < -0.3 is 14.5 Å². The van der Waals surface area contributed by atoms with E-state index in [1.54, 1.807) is 14.5 Å². The van der Waals surface area contributed by atoms with Gasteiger partial charge in [0, 0.05) is 26.2 Å². The molecular weight excluding hydrogens is 370 g/mol. The molecule has 1 aliphatic heterocycles. The molecule has 0 bridgehead atoms. The molecule has 1 aromatic carbocycles. The van der Waals surface area contributed by atoms with Crippen molar-refractivity contribution >= 4 is 12.0 Å². The largest absolute Gasteiger partial charge is 0.449 e. The van der Waals surface area contributed by atoms with E-state index < -0.39 is 0 Å². The van der Waals surface area contributed by atoms with Crippen LogP contribution in [0.15, 0.2) is 24.3 Å². The van der Waals surface area contributed by atoms with Gasteiger partial charge in [-0.3, -0.25) is 4.79 Å². The second-order valence-electron chi connectivity index (χ2n) is 7.87. The Hall–Kier alpha value is -2.90. The molecule has 0 saturated carbocycles. The molecule has 2 aromatic rings. The van der Waals surface area contributed by atoms with Crippen LogP contribution in [0.5, 0.6) is 0 Å². The third-order valence-corrected chi connectivity index (χ3v) is 4.96. The zero-order valence-electron chi connectivity index (χ0n) is 17.6. The van der Waals surface area contributed by atoms with Gasteiger partial charge in [-0.1, -0.05) is 36.8 Å². The Morgan fingerprint density at radius 2 is 1.69 bits per heavy atom. The normalized spacial score (nSPS) is 14.8. The van der Waals surface area contributed by atoms with Crippen molar-refractivity contribution in [1.29, 1.82) is 0 Å². The van der Waals surface area contributed by atoms with E-state index in [9.17, 15) is 9.59 Å². The van der Waals surface area contributed by atoms with Crippen molar-refractivity contribution in [3.63, 3.8) is 0 Å². The highest BCUT2D eigenvalue weighted by Crippen LogP contribution is 2.16. The molecule has 0 spiro atoms. The Labute approximate surface area is 171 Å². The second-order valence-corrected chi connectivity index (χ2v) is 7.87. The van der Waals surface area contributed by atoms with Crippen LogP contribution in [0.1, 0.15) is 42.0 Å². The molecule has 1 aliphatic rings. The fourth-order valence-corrected chi connectivity index (χ4v) is 3.24. The first-order valence-electron chi connectivity index (χ1n) is 10.1. The molecule has 0 unspecified atom stereocenters. The van der Waals surface area contributed by atoms with E-state index in [0.29, 0.717) is 56.5 Å². The molecule has 8 nitrogen and oxygen atoms in total. The van der Waals surface area contributed by atoms with Crippen LogP contribution < -0.4 is 0 Å². The highest BCUT2D eigenvalue weighted by molar-refractivity contribution is 5.93. The third kappa shape index (κ3) is 4.93. The Bertz CT molecular complexity index is 860. The first-order chi connectivity index (χ1) is 13.9. The van der Waals surface area contributed by atoms with Crippen molar-refractivity contribution in [2.24, 2.45) is 5.92 Å². The number of hydrogen-bond donors (Lipinski definition) is 0. The molecule has 1 aromatic heterocycles. The summed E-state index contributed by atoms with van der Waals surface area (Å²) >= 11 is 0. The quantitative estimate of drug-likeness (QED) is 0.790. The summed E-state index contributed by atoms with van der Waals surface area (Å²) in [7, 11) is 0. The van der Waals surface area contributed by atoms with Gasteiger partial charge in [-0.15, -0.1) is 5.10 Å². The Balaban J connectivity index is 1.67. The molecule has 2 heterocycles. The molecule has 1 fully saturated rings. The predicted octanol–water partition coefficient (Wildman–Crippen LogP) is 2.82. The SMILES string of the molecule is Cc1ccc(-n2nnc(C(=O)N3CCCN(C(=O)OCC(C)C)CC3)c2C)cc1. The monoisotopic (exact) mass is 399 g/mol. The lowest BCUT2D eigenvalue weighted by atomic mass is 10.2. The maximum absolute atomic E-state index is 13.0. The van der Waals surface area contributed by atoms with E-state index in [1.807, 2.05) is 52.0 Å². The van der Waals surface area contributed by atoms with Crippen LogP contribution in [0.4, 0.5) is 4.79 Å². The zero-order valence-corrected chi connectivity index (χ0v) is 17.6. The van der Waals surface area contributed by atoms with E-state index >= 15 is 0 Å². The number of nitrogens with zero attached hydrogens (tertiary/aromatic N) is 5. The van der Waals surface area contributed by atoms with Crippen molar-refractivity contribution in [3.8, 4) is 5.69 Å². The molecule has 1 saturated heterocycles. The minimum Gasteiger partial charge on any atom is -0.449 e. The smallest absolute Gasteiger partial charge is 0.409 e. The van der Waals surface area contributed by atoms with Gasteiger partial charge in [0.2, 0.25) is 0 Å². The molecule has 0 radical (unpaired) electrons. The van der Waals surface area contributed by atoms with Crippen LogP contribution in [0, 0.1) is 19.8 Å². The molecule has 156 valence electrons. The molecule has 29 heavy (non-hydrogen) atoms. The van der Waals surface area contributed by atoms with Crippen LogP contribution in [0.3, 0.4) is 0 Å². The summed E-state index contributed by atoms with van der Waals surface area (Å²) in [6.45, 7) is 10.3. The van der Waals surface area contributed by atoms with Crippen LogP contribution >= 0.6 is 0 Å². The summed E-state index contributed by atoms with van der Waals surface area (Å²) in [5, 5.41) is 8.31. The number of ether oxygens (including phenoxy) is 1. The van der Waals surface area contributed by atoms with Gasteiger partial charge in [0.25, 0.3) is 5.91 Å². The highest BCUT2D eigenvalue weighted by atomic mass is 16.6. The molecule has 8 heteroatoms. The van der Waals surface area contributed by atoms with Crippen LogP contribution in [0.2, 0.25) is 0 Å². The Kier molecular flexibility index (Phi) is 6.51. The molecular formula is C21H29N5O3. The molecule has 2 amide bonds. The van der Waals surface area contributed by atoms with E-state index in [-0.39, 0.29) is 12.0 Å². The van der Waals surface area contributed by atoms with Crippen molar-refractivity contribution < 1.29 is 14.3 Å². The van der Waals surface area contributed by atoms with Crippen LogP contribution in [0.25, 0.3) is 5.69 Å². The van der Waals surface area contributed by atoms with Crippen LogP contribution in [-0.4, -0.2) is 69.6 Å². The maximum Gasteiger partial charge on any atom is 0.409 e. The van der Waals surface area contributed by atoms with Gasteiger partial charge in [0.05, 0.1) is 18.0 Å². The minimum absolute atomic E-state index is 0.154. The zero-order chi connectivity index (χ0) is 21.0. The number of aromatic nitrogens is 3. The van der Waals surface area contributed by atoms with Gasteiger partial charge >= 0.3 is 6.09 Å². The van der Waals surface area contributed by atoms with Crippen LogP contribution in [-0.2, 0) is 4.74 Å². The summed E-state index contributed by atoms with van der Waals surface area (Å²) in [5.41, 5.74) is 3.08. The maximum atomic E-state index is 13.0. The number of amides is 2. The standard InChI is InChI=1S/C21H29N5O3/c1-15(2)14-29-21(28)25-11-5-10-24(12-13-25)20(27)19-17(4)26(23-22-19)18-8-6-16(3)7-9-18/h6-9,15H,5,10-14H2,1-4H3. The topological polar surface area (TPSA) is 80.6 Å². The summed E-state index contributed by atoms with van der Waals surface area (Å²) < 4.78 is 7.00.